The first-order chi connectivity index (χ1) is 9.64. The maximum absolute atomic E-state index is 4.22. The van der Waals surface area contributed by atoms with Crippen molar-refractivity contribution >= 4 is 5.69 Å². The van der Waals surface area contributed by atoms with Crippen LogP contribution < -0.4 is 10.2 Å². The first-order valence-corrected chi connectivity index (χ1v) is 7.11. The van der Waals surface area contributed by atoms with Crippen molar-refractivity contribution in [2.75, 3.05) is 11.4 Å². The third-order valence-corrected chi connectivity index (χ3v) is 3.77. The van der Waals surface area contributed by atoms with Gasteiger partial charge in [0.1, 0.15) is 0 Å². The topological polar surface area (TPSA) is 28.2 Å². The number of fused-ring (bicyclic) bond motifs is 1. The zero-order valence-corrected chi connectivity index (χ0v) is 12.1. The lowest BCUT2D eigenvalue weighted by Crippen LogP contribution is -2.46. The Balaban J connectivity index is 1.94. The fourth-order valence-corrected chi connectivity index (χ4v) is 2.77. The van der Waals surface area contributed by atoms with Gasteiger partial charge >= 0.3 is 0 Å². The number of aromatic nitrogens is 1. The van der Waals surface area contributed by atoms with E-state index in [9.17, 15) is 0 Å². The minimum Gasteiger partial charge on any atom is -0.365 e. The molecule has 3 nitrogen and oxygen atoms in total. The number of hydrogen-bond acceptors (Lipinski definition) is 3. The lowest BCUT2D eigenvalue weighted by Gasteiger charge is -2.32. The van der Waals surface area contributed by atoms with Gasteiger partial charge in [0, 0.05) is 43.3 Å². The molecule has 0 aliphatic carbocycles. The van der Waals surface area contributed by atoms with Crippen molar-refractivity contribution in [2.24, 2.45) is 0 Å². The standard InChI is InChI=1S/C17H21N3/c1-17(2)13-20(12-14-6-5-9-18-10-14)16-8-4-3-7-15(16)11-19-17/h3-10,19H,11-13H2,1-2H3. The van der Waals surface area contributed by atoms with Crippen molar-refractivity contribution in [3.8, 4) is 0 Å². The second-order valence-corrected chi connectivity index (χ2v) is 6.08. The van der Waals surface area contributed by atoms with Crippen LogP contribution in [0.25, 0.3) is 0 Å². The van der Waals surface area contributed by atoms with E-state index in [1.165, 1.54) is 16.8 Å². The lowest BCUT2D eigenvalue weighted by atomic mass is 10.1. The molecule has 1 aliphatic rings. The van der Waals surface area contributed by atoms with Crippen molar-refractivity contribution < 1.29 is 0 Å². The van der Waals surface area contributed by atoms with E-state index in [2.05, 4.69) is 59.4 Å². The van der Waals surface area contributed by atoms with Crippen molar-refractivity contribution in [1.82, 2.24) is 10.3 Å². The summed E-state index contributed by atoms with van der Waals surface area (Å²) in [4.78, 5) is 6.67. The molecule has 1 aromatic carbocycles. The number of pyridine rings is 1. The van der Waals surface area contributed by atoms with E-state index in [4.69, 9.17) is 0 Å². The van der Waals surface area contributed by atoms with Crippen LogP contribution in [0.4, 0.5) is 5.69 Å². The van der Waals surface area contributed by atoms with Crippen LogP contribution in [-0.2, 0) is 13.1 Å². The molecule has 0 saturated carbocycles. The van der Waals surface area contributed by atoms with E-state index in [0.717, 1.165) is 19.6 Å². The summed E-state index contributed by atoms with van der Waals surface area (Å²) < 4.78 is 0. The molecule has 1 aliphatic heterocycles. The molecule has 0 fully saturated rings. The summed E-state index contributed by atoms with van der Waals surface area (Å²) in [6.45, 7) is 7.33. The molecule has 0 saturated heterocycles. The van der Waals surface area contributed by atoms with Crippen LogP contribution in [0.5, 0.6) is 0 Å². The van der Waals surface area contributed by atoms with Gasteiger partial charge in [-0.2, -0.15) is 0 Å². The van der Waals surface area contributed by atoms with E-state index >= 15 is 0 Å². The quantitative estimate of drug-likeness (QED) is 0.906. The van der Waals surface area contributed by atoms with Crippen LogP contribution in [0.2, 0.25) is 0 Å². The predicted octanol–water partition coefficient (Wildman–Crippen LogP) is 2.97. The second kappa shape index (κ2) is 5.25. The number of rotatable bonds is 2. The van der Waals surface area contributed by atoms with Gasteiger partial charge in [0.05, 0.1) is 0 Å². The molecule has 0 radical (unpaired) electrons. The van der Waals surface area contributed by atoms with Crippen LogP contribution in [0, 0.1) is 0 Å². The van der Waals surface area contributed by atoms with Crippen molar-refractivity contribution in [1.29, 1.82) is 0 Å². The summed E-state index contributed by atoms with van der Waals surface area (Å²) in [5.74, 6) is 0. The molecule has 0 amide bonds. The maximum Gasteiger partial charge on any atom is 0.0445 e. The van der Waals surface area contributed by atoms with Crippen molar-refractivity contribution in [3.63, 3.8) is 0 Å². The van der Waals surface area contributed by atoms with Crippen LogP contribution in [0.15, 0.2) is 48.8 Å². The molecular formula is C17H21N3. The van der Waals surface area contributed by atoms with Gasteiger partial charge in [-0.3, -0.25) is 4.98 Å². The molecule has 0 unspecified atom stereocenters. The Kier molecular flexibility index (Phi) is 3.45. The molecule has 0 spiro atoms. The molecule has 3 rings (SSSR count). The third-order valence-electron chi connectivity index (χ3n) is 3.77. The van der Waals surface area contributed by atoms with E-state index in [1.54, 1.807) is 0 Å². The van der Waals surface area contributed by atoms with E-state index in [1.807, 2.05) is 18.5 Å². The Morgan fingerprint density at radius 3 is 2.85 bits per heavy atom. The molecule has 2 aromatic rings. The van der Waals surface area contributed by atoms with E-state index < -0.39 is 0 Å². The Morgan fingerprint density at radius 1 is 1.20 bits per heavy atom. The second-order valence-electron chi connectivity index (χ2n) is 6.08. The zero-order valence-electron chi connectivity index (χ0n) is 12.1. The number of nitrogens with one attached hydrogen (secondary N) is 1. The summed E-state index contributed by atoms with van der Waals surface area (Å²) in [7, 11) is 0. The smallest absolute Gasteiger partial charge is 0.0445 e. The molecule has 2 heterocycles. The van der Waals surface area contributed by atoms with Gasteiger partial charge in [0.2, 0.25) is 0 Å². The highest BCUT2D eigenvalue weighted by Crippen LogP contribution is 2.27. The first-order valence-electron chi connectivity index (χ1n) is 7.11. The lowest BCUT2D eigenvalue weighted by molar-refractivity contribution is 0.395. The SMILES string of the molecule is CC1(C)CN(Cc2cccnc2)c2ccccc2CN1. The minimum atomic E-state index is 0.0984. The summed E-state index contributed by atoms with van der Waals surface area (Å²) in [6.07, 6.45) is 3.78. The van der Waals surface area contributed by atoms with Crippen LogP contribution in [-0.4, -0.2) is 17.1 Å². The average molecular weight is 267 g/mol. The maximum atomic E-state index is 4.22. The molecule has 3 heteroatoms. The third kappa shape index (κ3) is 2.83. The largest absolute Gasteiger partial charge is 0.365 e. The summed E-state index contributed by atoms with van der Waals surface area (Å²) in [5, 5.41) is 3.64. The molecule has 0 bridgehead atoms. The number of benzene rings is 1. The monoisotopic (exact) mass is 267 g/mol. The normalized spacial score (nSPS) is 17.4. The van der Waals surface area contributed by atoms with Gasteiger partial charge in [-0.05, 0) is 37.1 Å². The van der Waals surface area contributed by atoms with Crippen LogP contribution in [0.1, 0.15) is 25.0 Å². The summed E-state index contributed by atoms with van der Waals surface area (Å²) in [6, 6.07) is 12.8. The van der Waals surface area contributed by atoms with Crippen LogP contribution >= 0.6 is 0 Å². The number of hydrogen-bond donors (Lipinski definition) is 1. The van der Waals surface area contributed by atoms with Gasteiger partial charge in [-0.25, -0.2) is 0 Å². The Morgan fingerprint density at radius 2 is 2.05 bits per heavy atom. The highest BCUT2D eigenvalue weighted by molar-refractivity contribution is 5.55. The Labute approximate surface area is 120 Å². The van der Waals surface area contributed by atoms with E-state index in [-0.39, 0.29) is 5.54 Å². The molecule has 1 N–H and O–H groups in total. The number of nitrogens with zero attached hydrogens (tertiary/aromatic N) is 2. The molecule has 20 heavy (non-hydrogen) atoms. The van der Waals surface area contributed by atoms with Gasteiger partial charge in [-0.15, -0.1) is 0 Å². The Bertz CT molecular complexity index is 578. The summed E-state index contributed by atoms with van der Waals surface area (Å²) in [5.41, 5.74) is 4.04. The predicted molar refractivity (Wildman–Crippen MR) is 82.6 cm³/mol. The number of para-hydroxylation sites is 1. The van der Waals surface area contributed by atoms with Gasteiger partial charge in [0.15, 0.2) is 0 Å². The highest BCUT2D eigenvalue weighted by atomic mass is 15.2. The average Bonchev–Trinajstić information content (AvgIpc) is 2.57. The van der Waals surface area contributed by atoms with Crippen molar-refractivity contribution in [3.05, 3.63) is 59.9 Å². The fourth-order valence-electron chi connectivity index (χ4n) is 2.77. The molecule has 1 aromatic heterocycles. The number of anilines is 1. The van der Waals surface area contributed by atoms with E-state index in [0.29, 0.717) is 0 Å². The Hall–Kier alpha value is -1.87. The fraction of sp³-hybridized carbons (Fsp3) is 0.353. The summed E-state index contributed by atoms with van der Waals surface area (Å²) >= 11 is 0. The van der Waals surface area contributed by atoms with Gasteiger partial charge in [-0.1, -0.05) is 24.3 Å². The highest BCUT2D eigenvalue weighted by Gasteiger charge is 2.26. The van der Waals surface area contributed by atoms with Gasteiger partial charge in [0.25, 0.3) is 0 Å². The van der Waals surface area contributed by atoms with Crippen molar-refractivity contribution in [2.45, 2.75) is 32.5 Å². The molecular weight excluding hydrogens is 246 g/mol. The molecule has 0 atom stereocenters. The van der Waals surface area contributed by atoms with Crippen LogP contribution in [0.3, 0.4) is 0 Å². The first kappa shape index (κ1) is 13.1. The molecule has 104 valence electrons. The van der Waals surface area contributed by atoms with Gasteiger partial charge < -0.3 is 10.2 Å². The minimum absolute atomic E-state index is 0.0984. The zero-order chi connectivity index (χ0) is 14.0.